The Morgan fingerprint density at radius 3 is 0.808 bits per heavy atom. The highest BCUT2D eigenvalue weighted by atomic mass is 16.7. The van der Waals surface area contributed by atoms with Gasteiger partial charge in [-0.1, -0.05) is 358 Å². The molecule has 0 radical (unpaired) electrons. The number of allylic oxidation sites excluding steroid dienone is 26. The van der Waals surface area contributed by atoms with E-state index in [2.05, 4.69) is 172 Å². The predicted molar refractivity (Wildman–Crippen MR) is 428 cm³/mol. The molecule has 1 N–H and O–H groups in total. The molecule has 0 aromatic carbocycles. The highest BCUT2D eigenvalue weighted by molar-refractivity contribution is 5.71. The molecule has 0 aliphatic rings. The second-order valence-electron chi connectivity index (χ2n) is 28.0. The maximum Gasteiger partial charge on any atom is 0.361 e. The first-order valence-corrected chi connectivity index (χ1v) is 40.6. The van der Waals surface area contributed by atoms with E-state index >= 15 is 0 Å². The van der Waals surface area contributed by atoms with E-state index in [1.165, 1.54) is 173 Å². The molecule has 0 saturated carbocycles. The fourth-order valence-electron chi connectivity index (χ4n) is 11.2. The number of carboxylic acid groups (broad SMARTS) is 1. The van der Waals surface area contributed by atoms with Crippen molar-refractivity contribution >= 4 is 17.9 Å². The van der Waals surface area contributed by atoms with Gasteiger partial charge in [0.15, 0.2) is 6.10 Å². The Hall–Kier alpha value is -5.09. The van der Waals surface area contributed by atoms with Crippen LogP contribution in [-0.4, -0.2) is 87.4 Å². The second-order valence-corrected chi connectivity index (χ2v) is 28.0. The van der Waals surface area contributed by atoms with E-state index in [0.717, 1.165) is 128 Å². The van der Waals surface area contributed by atoms with Gasteiger partial charge in [-0.3, -0.25) is 9.59 Å². The molecule has 0 saturated heterocycles. The lowest BCUT2D eigenvalue weighted by molar-refractivity contribution is -0.870. The summed E-state index contributed by atoms with van der Waals surface area (Å²) >= 11 is 0. The number of aliphatic carboxylic acids is 1. The molecule has 0 aliphatic carbocycles. The number of nitrogens with zero attached hydrogens (tertiary/aromatic N) is 1. The molecule has 0 aromatic rings. The highest BCUT2D eigenvalue weighted by Gasteiger charge is 2.25. The summed E-state index contributed by atoms with van der Waals surface area (Å²) in [6.07, 6.45) is 114. The number of quaternary nitrogens is 1. The molecule has 564 valence electrons. The average Bonchev–Trinajstić information content (AvgIpc) is 1.57. The van der Waals surface area contributed by atoms with Crippen LogP contribution in [0.2, 0.25) is 0 Å². The molecular weight excluding hydrogens is 1220 g/mol. The second kappa shape index (κ2) is 78.6. The minimum atomic E-state index is -1.52. The fourth-order valence-corrected chi connectivity index (χ4v) is 11.2. The van der Waals surface area contributed by atoms with Gasteiger partial charge in [-0.05, 0) is 122 Å². The summed E-state index contributed by atoms with van der Waals surface area (Å²) in [5.41, 5.74) is 0. The number of ether oxygens (including phenoxy) is 4. The van der Waals surface area contributed by atoms with Gasteiger partial charge in [0.1, 0.15) is 13.2 Å². The van der Waals surface area contributed by atoms with Gasteiger partial charge in [0.2, 0.25) is 0 Å². The lowest BCUT2D eigenvalue weighted by Gasteiger charge is -2.25. The molecule has 0 bridgehead atoms. The van der Waals surface area contributed by atoms with Crippen LogP contribution in [0.1, 0.15) is 335 Å². The fraction of sp³-hybridized carbons (Fsp3) is 0.678. The van der Waals surface area contributed by atoms with E-state index in [1.807, 2.05) is 21.1 Å². The molecule has 9 nitrogen and oxygen atoms in total. The summed E-state index contributed by atoms with van der Waals surface area (Å²) in [5, 5.41) is 9.78. The zero-order valence-electron chi connectivity index (χ0n) is 64.6. The van der Waals surface area contributed by atoms with Crippen molar-refractivity contribution in [3.63, 3.8) is 0 Å². The first-order chi connectivity index (χ1) is 48.6. The summed E-state index contributed by atoms with van der Waals surface area (Å²) in [4.78, 5) is 37.8. The zero-order chi connectivity index (χ0) is 71.8. The average molecular weight is 1380 g/mol. The topological polar surface area (TPSA) is 108 Å². The molecule has 0 heterocycles. The van der Waals surface area contributed by atoms with Gasteiger partial charge >= 0.3 is 17.9 Å². The number of carbonyl (C=O) groups is 3. The van der Waals surface area contributed by atoms with E-state index in [9.17, 15) is 19.5 Å². The van der Waals surface area contributed by atoms with Crippen LogP contribution in [0.15, 0.2) is 158 Å². The number of unbranched alkanes of at least 4 members (excludes halogenated alkanes) is 33. The van der Waals surface area contributed by atoms with Crippen molar-refractivity contribution < 1.29 is 42.9 Å². The van der Waals surface area contributed by atoms with Crippen molar-refractivity contribution in [3.05, 3.63) is 158 Å². The Morgan fingerprint density at radius 2 is 0.545 bits per heavy atom. The first-order valence-electron chi connectivity index (χ1n) is 40.6. The van der Waals surface area contributed by atoms with E-state index in [4.69, 9.17) is 18.9 Å². The van der Waals surface area contributed by atoms with Gasteiger partial charge in [0.25, 0.3) is 6.29 Å². The van der Waals surface area contributed by atoms with Gasteiger partial charge in [-0.15, -0.1) is 0 Å². The van der Waals surface area contributed by atoms with E-state index in [1.54, 1.807) is 0 Å². The van der Waals surface area contributed by atoms with Crippen molar-refractivity contribution in [2.45, 2.75) is 347 Å². The summed E-state index contributed by atoms with van der Waals surface area (Å²) < 4.78 is 23.0. The molecule has 99 heavy (non-hydrogen) atoms. The SMILES string of the molecule is CC/C=C\C/C=C\C/C=C\C/C=C\C/C=C\C/C=C\C/C=C\C/C=C\CCCCCCCCCCC(=O)OC(COC(=O)CCCCCCCCCCCCCCCCCCCCCCCCCCC/C=C\C/C=C\C/C=C\C/C=C\C/C=C\CC)COC(OCC[N+](C)(C)C)C(=O)O. The van der Waals surface area contributed by atoms with Crippen molar-refractivity contribution in [1.82, 2.24) is 0 Å². The number of rotatable bonds is 74. The van der Waals surface area contributed by atoms with Crippen LogP contribution in [-0.2, 0) is 33.3 Å². The number of hydrogen-bond acceptors (Lipinski definition) is 7. The van der Waals surface area contributed by atoms with Crippen molar-refractivity contribution in [2.24, 2.45) is 0 Å². The van der Waals surface area contributed by atoms with E-state index < -0.39 is 24.3 Å². The third-order valence-corrected chi connectivity index (χ3v) is 17.3. The molecule has 0 aliphatic heterocycles. The Kier molecular flexibility index (Phi) is 74.6. The Labute approximate surface area is 610 Å². The Bertz CT molecular complexity index is 2200. The molecule has 0 fully saturated rings. The number of esters is 2. The standard InChI is InChI=1S/C90H151NO8/c1-6-8-10-12-14-16-18-20-22-24-26-28-30-32-34-36-38-40-41-42-43-44-45-46-47-49-50-52-54-56-58-60-62-64-66-68-70-72-74-76-78-80-87(92)97-84-86(85-98-90(89(94)95)96-83-82-91(3,4)5)99-88(93)81-79-77-75-73-71-69-67-65-63-61-59-57-55-53-51-48-39-37-35-33-31-29-27-25-23-21-19-17-15-13-11-9-7-2/h8-11,14-17,20-23,26-29,32-35,39,48,53,55,59,61,86,90H,6-7,12-13,18-19,24-25,30-31,36-38,40-47,49-52,54,56-58,60,62-85H2,1-5H3/p+1/b10-8-,11-9-,16-14-,17-15-,22-20-,23-21-,28-26-,29-27-,34-32-,35-33-,48-39-,55-53-,61-59-. The summed E-state index contributed by atoms with van der Waals surface area (Å²) in [7, 11) is 5.98. The molecule has 0 aromatic heterocycles. The van der Waals surface area contributed by atoms with E-state index in [0.29, 0.717) is 23.9 Å². The molecular formula is C90H152NO8+. The zero-order valence-corrected chi connectivity index (χ0v) is 64.6. The molecule has 9 heteroatoms. The van der Waals surface area contributed by atoms with Gasteiger partial charge < -0.3 is 28.5 Å². The van der Waals surface area contributed by atoms with Gasteiger partial charge in [0, 0.05) is 12.8 Å². The van der Waals surface area contributed by atoms with E-state index in [-0.39, 0.29) is 32.2 Å². The summed E-state index contributed by atoms with van der Waals surface area (Å²) in [6, 6.07) is 0. The lowest BCUT2D eigenvalue weighted by Crippen LogP contribution is -2.40. The molecule has 0 rings (SSSR count). The lowest BCUT2D eigenvalue weighted by atomic mass is 10.0. The van der Waals surface area contributed by atoms with Crippen LogP contribution in [0, 0.1) is 0 Å². The smallest absolute Gasteiger partial charge is 0.361 e. The molecule has 2 atom stereocenters. The van der Waals surface area contributed by atoms with Gasteiger partial charge in [-0.25, -0.2) is 4.79 Å². The quantitative estimate of drug-likeness (QED) is 0.0211. The molecule has 0 spiro atoms. The third-order valence-electron chi connectivity index (χ3n) is 17.3. The number of carbonyl (C=O) groups excluding carboxylic acids is 2. The van der Waals surface area contributed by atoms with Crippen LogP contribution in [0.3, 0.4) is 0 Å². The largest absolute Gasteiger partial charge is 0.477 e. The summed E-state index contributed by atoms with van der Waals surface area (Å²) in [5.74, 6) is -2.01. The summed E-state index contributed by atoms with van der Waals surface area (Å²) in [6.45, 7) is 4.66. The van der Waals surface area contributed by atoms with Crippen molar-refractivity contribution in [1.29, 1.82) is 0 Å². The third kappa shape index (κ3) is 80.1. The minimum absolute atomic E-state index is 0.181. The van der Waals surface area contributed by atoms with Crippen LogP contribution < -0.4 is 0 Å². The Balaban J connectivity index is 4.03. The van der Waals surface area contributed by atoms with Gasteiger partial charge in [-0.2, -0.15) is 0 Å². The normalized spacial score (nSPS) is 13.5. The monoisotopic (exact) mass is 1380 g/mol. The van der Waals surface area contributed by atoms with Crippen molar-refractivity contribution in [3.8, 4) is 0 Å². The van der Waals surface area contributed by atoms with Crippen LogP contribution in [0.25, 0.3) is 0 Å². The van der Waals surface area contributed by atoms with Crippen molar-refractivity contribution in [2.75, 3.05) is 47.5 Å². The first kappa shape index (κ1) is 93.9. The number of likely N-dealkylation sites (N-methyl/N-ethyl adjacent to an activating group) is 1. The van der Waals surface area contributed by atoms with Crippen LogP contribution in [0.5, 0.6) is 0 Å². The number of carboxylic acids is 1. The maximum absolute atomic E-state index is 13.0. The molecule has 0 amide bonds. The van der Waals surface area contributed by atoms with Crippen LogP contribution in [0.4, 0.5) is 0 Å². The predicted octanol–water partition coefficient (Wildman–Crippen LogP) is 26.4. The minimum Gasteiger partial charge on any atom is -0.477 e. The highest BCUT2D eigenvalue weighted by Crippen LogP contribution is 2.18. The number of hydrogen-bond donors (Lipinski definition) is 1. The Morgan fingerprint density at radius 1 is 0.303 bits per heavy atom. The van der Waals surface area contributed by atoms with Crippen LogP contribution >= 0.6 is 0 Å². The van der Waals surface area contributed by atoms with Gasteiger partial charge in [0.05, 0.1) is 34.4 Å². The molecule has 2 unspecified atom stereocenters. The maximum atomic E-state index is 13.0.